The summed E-state index contributed by atoms with van der Waals surface area (Å²) in [7, 11) is 0. The first-order chi connectivity index (χ1) is 11.5. The molecule has 0 saturated carbocycles. The molecule has 5 heteroatoms. The highest BCUT2D eigenvalue weighted by Gasteiger charge is 2.16. The number of anilines is 2. The van der Waals surface area contributed by atoms with Crippen LogP contribution >= 0.6 is 0 Å². The lowest BCUT2D eigenvalue weighted by Gasteiger charge is -2.11. The molecule has 0 spiro atoms. The first-order valence-corrected chi connectivity index (χ1v) is 7.95. The van der Waals surface area contributed by atoms with Gasteiger partial charge in [0, 0.05) is 5.69 Å². The maximum Gasteiger partial charge on any atom is 0.314 e. The summed E-state index contributed by atoms with van der Waals surface area (Å²) in [6, 6.07) is 14.4. The second-order valence-electron chi connectivity index (χ2n) is 5.61. The molecule has 2 N–H and O–H groups in total. The van der Waals surface area contributed by atoms with Crippen molar-refractivity contribution < 1.29 is 14.3 Å². The first-order valence-electron chi connectivity index (χ1n) is 7.95. The molecule has 2 aromatic rings. The van der Waals surface area contributed by atoms with Gasteiger partial charge in [-0.05, 0) is 42.7 Å². The first kappa shape index (κ1) is 17.5. The van der Waals surface area contributed by atoms with Crippen LogP contribution in [0.25, 0.3) is 0 Å². The van der Waals surface area contributed by atoms with Gasteiger partial charge in [0.1, 0.15) is 5.75 Å². The molecule has 0 aliphatic heterocycles. The number of carbonyl (C=O) groups excluding carboxylic acids is 2. The predicted octanol–water partition coefficient (Wildman–Crippen LogP) is 3.79. The van der Waals surface area contributed by atoms with E-state index in [9.17, 15) is 9.59 Å². The maximum absolute atomic E-state index is 12.1. The van der Waals surface area contributed by atoms with E-state index in [0.717, 1.165) is 0 Å². The van der Waals surface area contributed by atoms with Gasteiger partial charge < -0.3 is 15.4 Å². The normalized spacial score (nSPS) is 10.3. The van der Waals surface area contributed by atoms with Gasteiger partial charge in [-0.2, -0.15) is 0 Å². The zero-order valence-electron chi connectivity index (χ0n) is 14.1. The van der Waals surface area contributed by atoms with Gasteiger partial charge in [-0.15, -0.1) is 0 Å². The summed E-state index contributed by atoms with van der Waals surface area (Å²) in [4.78, 5) is 24.1. The molecule has 126 valence electrons. The number of ether oxygens (including phenoxy) is 1. The van der Waals surface area contributed by atoms with E-state index in [4.69, 9.17) is 4.74 Å². The summed E-state index contributed by atoms with van der Waals surface area (Å²) in [6.45, 7) is 6.51. The Hall–Kier alpha value is -2.82. The minimum Gasteiger partial charge on any atom is -0.492 e. The molecule has 0 saturated heterocycles. The van der Waals surface area contributed by atoms with Gasteiger partial charge in [0.25, 0.3) is 0 Å². The van der Waals surface area contributed by atoms with Crippen molar-refractivity contribution in [2.24, 2.45) is 0 Å². The van der Waals surface area contributed by atoms with Crippen LogP contribution in [0.15, 0.2) is 48.5 Å². The molecule has 0 radical (unpaired) electrons. The highest BCUT2D eigenvalue weighted by molar-refractivity contribution is 6.43. The van der Waals surface area contributed by atoms with Crippen LogP contribution in [-0.2, 0) is 9.59 Å². The topological polar surface area (TPSA) is 67.4 Å². The van der Waals surface area contributed by atoms with Gasteiger partial charge in [0.05, 0.1) is 12.3 Å². The van der Waals surface area contributed by atoms with Crippen molar-refractivity contribution in [2.75, 3.05) is 17.2 Å². The number of rotatable bonds is 5. The largest absolute Gasteiger partial charge is 0.492 e. The lowest BCUT2D eigenvalue weighted by molar-refractivity contribution is -0.133. The Morgan fingerprint density at radius 1 is 0.958 bits per heavy atom. The molecule has 0 heterocycles. The van der Waals surface area contributed by atoms with E-state index in [1.807, 2.05) is 19.1 Å². The second kappa shape index (κ2) is 8.15. The molecule has 0 unspecified atom stereocenters. The van der Waals surface area contributed by atoms with Crippen LogP contribution in [0.1, 0.15) is 32.3 Å². The van der Waals surface area contributed by atoms with Gasteiger partial charge in [0.15, 0.2) is 0 Å². The van der Waals surface area contributed by atoms with Crippen molar-refractivity contribution in [1.82, 2.24) is 0 Å². The number of benzene rings is 2. The van der Waals surface area contributed by atoms with E-state index < -0.39 is 11.8 Å². The van der Waals surface area contributed by atoms with Crippen LogP contribution in [0, 0.1) is 0 Å². The maximum atomic E-state index is 12.1. The lowest BCUT2D eigenvalue weighted by Crippen LogP contribution is -2.29. The average Bonchev–Trinajstić information content (AvgIpc) is 2.57. The lowest BCUT2D eigenvalue weighted by atomic mass is 10.0. The Balaban J connectivity index is 2.01. The molecule has 0 bridgehead atoms. The summed E-state index contributed by atoms with van der Waals surface area (Å²) in [5.74, 6) is -0.524. The Kier molecular flexibility index (Phi) is 5.95. The van der Waals surface area contributed by atoms with Crippen molar-refractivity contribution in [3.05, 3.63) is 54.1 Å². The Morgan fingerprint density at radius 2 is 1.58 bits per heavy atom. The van der Waals surface area contributed by atoms with E-state index in [1.54, 1.807) is 36.4 Å². The monoisotopic (exact) mass is 326 g/mol. The highest BCUT2D eigenvalue weighted by Crippen LogP contribution is 2.23. The van der Waals surface area contributed by atoms with Gasteiger partial charge in [-0.1, -0.05) is 38.1 Å². The smallest absolute Gasteiger partial charge is 0.314 e. The number of nitrogens with one attached hydrogen (secondary N) is 2. The minimum atomic E-state index is -0.741. The summed E-state index contributed by atoms with van der Waals surface area (Å²) in [5.41, 5.74) is 2.22. The van der Waals surface area contributed by atoms with Crippen LogP contribution in [0.5, 0.6) is 5.75 Å². The standard InChI is InChI=1S/C19H22N2O3/c1-4-24-17-8-6-5-7-16(17)21-19(23)18(22)20-15-11-9-14(10-12-15)13(2)3/h5-13H,4H2,1-3H3,(H,20,22)(H,21,23). The third-order valence-corrected chi connectivity index (χ3v) is 3.48. The quantitative estimate of drug-likeness (QED) is 0.822. The Morgan fingerprint density at radius 3 is 2.21 bits per heavy atom. The van der Waals surface area contributed by atoms with Crippen molar-refractivity contribution in [3.63, 3.8) is 0 Å². The number of para-hydroxylation sites is 2. The van der Waals surface area contributed by atoms with E-state index in [2.05, 4.69) is 24.5 Å². The van der Waals surface area contributed by atoms with Crippen molar-refractivity contribution in [1.29, 1.82) is 0 Å². The molecule has 2 amide bonds. The fraction of sp³-hybridized carbons (Fsp3) is 0.263. The van der Waals surface area contributed by atoms with Gasteiger partial charge in [-0.3, -0.25) is 9.59 Å². The summed E-state index contributed by atoms with van der Waals surface area (Å²) < 4.78 is 5.43. The van der Waals surface area contributed by atoms with Gasteiger partial charge >= 0.3 is 11.8 Å². The Labute approximate surface area is 142 Å². The molecule has 0 aromatic heterocycles. The van der Waals surface area contributed by atoms with Crippen LogP contribution in [0.3, 0.4) is 0 Å². The van der Waals surface area contributed by atoms with E-state index in [-0.39, 0.29) is 0 Å². The Bertz CT molecular complexity index is 709. The highest BCUT2D eigenvalue weighted by atomic mass is 16.5. The van der Waals surface area contributed by atoms with Gasteiger partial charge in [-0.25, -0.2) is 0 Å². The fourth-order valence-corrected chi connectivity index (χ4v) is 2.17. The average molecular weight is 326 g/mol. The molecular formula is C19H22N2O3. The third kappa shape index (κ3) is 4.59. The van der Waals surface area contributed by atoms with Crippen molar-refractivity contribution in [3.8, 4) is 5.75 Å². The molecule has 0 aliphatic carbocycles. The molecule has 2 rings (SSSR count). The SMILES string of the molecule is CCOc1ccccc1NC(=O)C(=O)Nc1ccc(C(C)C)cc1. The van der Waals surface area contributed by atoms with Crippen molar-refractivity contribution in [2.45, 2.75) is 26.7 Å². The van der Waals surface area contributed by atoms with E-state index >= 15 is 0 Å². The number of carbonyl (C=O) groups is 2. The van der Waals surface area contributed by atoms with E-state index in [1.165, 1.54) is 5.56 Å². The summed E-state index contributed by atoms with van der Waals surface area (Å²) in [5, 5.41) is 5.16. The number of hydrogen-bond donors (Lipinski definition) is 2. The molecule has 2 aromatic carbocycles. The summed E-state index contributed by atoms with van der Waals surface area (Å²) >= 11 is 0. The van der Waals surface area contributed by atoms with E-state index in [0.29, 0.717) is 29.6 Å². The molecule has 24 heavy (non-hydrogen) atoms. The molecule has 0 atom stereocenters. The minimum absolute atomic E-state index is 0.410. The molecule has 0 aliphatic rings. The zero-order valence-corrected chi connectivity index (χ0v) is 14.1. The predicted molar refractivity (Wildman–Crippen MR) is 95.4 cm³/mol. The number of amides is 2. The molecule has 5 nitrogen and oxygen atoms in total. The van der Waals surface area contributed by atoms with Crippen molar-refractivity contribution >= 4 is 23.2 Å². The number of hydrogen-bond acceptors (Lipinski definition) is 3. The molecular weight excluding hydrogens is 304 g/mol. The zero-order chi connectivity index (χ0) is 17.5. The summed E-state index contributed by atoms with van der Waals surface area (Å²) in [6.07, 6.45) is 0. The fourth-order valence-electron chi connectivity index (χ4n) is 2.17. The van der Waals surface area contributed by atoms with Crippen LogP contribution in [-0.4, -0.2) is 18.4 Å². The van der Waals surface area contributed by atoms with Crippen LogP contribution < -0.4 is 15.4 Å². The second-order valence-corrected chi connectivity index (χ2v) is 5.61. The van der Waals surface area contributed by atoms with Gasteiger partial charge in [0.2, 0.25) is 0 Å². The van der Waals surface area contributed by atoms with Crippen LogP contribution in [0.4, 0.5) is 11.4 Å². The third-order valence-electron chi connectivity index (χ3n) is 3.48. The van der Waals surface area contributed by atoms with Crippen LogP contribution in [0.2, 0.25) is 0 Å². The molecule has 0 fully saturated rings.